The lowest BCUT2D eigenvalue weighted by molar-refractivity contribution is 0.302. The van der Waals surface area contributed by atoms with Crippen molar-refractivity contribution in [1.29, 1.82) is 0 Å². The molecule has 3 rings (SSSR count). The van der Waals surface area contributed by atoms with Crippen molar-refractivity contribution in [3.63, 3.8) is 0 Å². The zero-order valence-corrected chi connectivity index (χ0v) is 12.2. The molecule has 1 saturated carbocycles. The topological polar surface area (TPSA) is 32.5 Å². The molecule has 3 heteroatoms. The third-order valence-corrected chi connectivity index (χ3v) is 4.89. The first-order valence-corrected chi connectivity index (χ1v) is 7.46. The van der Waals surface area contributed by atoms with Crippen LogP contribution in [0.5, 0.6) is 0 Å². The summed E-state index contributed by atoms with van der Waals surface area (Å²) in [4.78, 5) is 4.69. The molecule has 2 aliphatic rings. The quantitative estimate of drug-likeness (QED) is 0.841. The molecule has 3 nitrogen and oxygen atoms in total. The van der Waals surface area contributed by atoms with Gasteiger partial charge >= 0.3 is 0 Å². The van der Waals surface area contributed by atoms with E-state index in [1.807, 2.05) is 0 Å². The van der Waals surface area contributed by atoms with E-state index in [1.165, 1.54) is 36.2 Å². The molecule has 2 N–H and O–H groups in total. The van der Waals surface area contributed by atoms with Gasteiger partial charge < -0.3 is 15.5 Å². The van der Waals surface area contributed by atoms with Gasteiger partial charge in [-0.05, 0) is 30.5 Å². The molecule has 1 aromatic carbocycles. The van der Waals surface area contributed by atoms with Crippen LogP contribution in [-0.4, -0.2) is 27.2 Å². The van der Waals surface area contributed by atoms with Gasteiger partial charge in [0.25, 0.3) is 0 Å². The van der Waals surface area contributed by atoms with Gasteiger partial charge in [-0.1, -0.05) is 25.3 Å². The molecule has 0 saturated heterocycles. The third-order valence-electron chi connectivity index (χ3n) is 4.89. The summed E-state index contributed by atoms with van der Waals surface area (Å²) in [7, 11) is 4.35. The molecule has 1 aromatic rings. The van der Waals surface area contributed by atoms with Gasteiger partial charge in [0.15, 0.2) is 0 Å². The van der Waals surface area contributed by atoms with Gasteiger partial charge in [0.1, 0.15) is 0 Å². The number of nitrogens with zero attached hydrogens (tertiary/aromatic N) is 2. The van der Waals surface area contributed by atoms with Crippen LogP contribution >= 0.6 is 0 Å². The van der Waals surface area contributed by atoms with Crippen molar-refractivity contribution in [2.75, 3.05) is 37.0 Å². The second-order valence-corrected chi connectivity index (χ2v) is 6.26. The lowest BCUT2D eigenvalue weighted by Gasteiger charge is -2.38. The Bertz CT molecular complexity index is 463. The van der Waals surface area contributed by atoms with E-state index in [-0.39, 0.29) is 5.54 Å². The van der Waals surface area contributed by atoms with E-state index < -0.39 is 0 Å². The van der Waals surface area contributed by atoms with Gasteiger partial charge in [-0.25, -0.2) is 0 Å². The molecular formula is C16H25N3. The standard InChI is InChI=1S/C16H25N3/c1-18-10-11-19(2)15-12-13(6-7-14(15)18)16(17)8-4-3-5-9-16/h6-7,12H,3-5,8-11,17H2,1-2H3. The Kier molecular flexibility index (Phi) is 3.17. The van der Waals surface area contributed by atoms with Crippen LogP contribution in [0.4, 0.5) is 11.4 Å². The zero-order valence-electron chi connectivity index (χ0n) is 12.2. The third kappa shape index (κ3) is 2.20. The fourth-order valence-corrected chi connectivity index (χ4v) is 3.47. The molecule has 1 aliphatic carbocycles. The van der Waals surface area contributed by atoms with Gasteiger partial charge in [-0.2, -0.15) is 0 Å². The Hall–Kier alpha value is -1.22. The summed E-state index contributed by atoms with van der Waals surface area (Å²) >= 11 is 0. The summed E-state index contributed by atoms with van der Waals surface area (Å²) in [6.45, 7) is 2.18. The summed E-state index contributed by atoms with van der Waals surface area (Å²) in [5.41, 5.74) is 10.6. The highest BCUT2D eigenvalue weighted by molar-refractivity contribution is 5.74. The minimum atomic E-state index is -0.0931. The minimum Gasteiger partial charge on any atom is -0.371 e. The van der Waals surface area contributed by atoms with Gasteiger partial charge in [-0.3, -0.25) is 0 Å². The molecule has 0 aromatic heterocycles. The van der Waals surface area contributed by atoms with E-state index in [2.05, 4.69) is 42.1 Å². The first kappa shape index (κ1) is 12.8. The summed E-state index contributed by atoms with van der Waals surface area (Å²) in [5.74, 6) is 0. The maximum absolute atomic E-state index is 6.66. The number of fused-ring (bicyclic) bond motifs is 1. The molecule has 1 fully saturated rings. The van der Waals surface area contributed by atoms with Crippen molar-refractivity contribution in [3.05, 3.63) is 23.8 Å². The number of likely N-dealkylation sites (N-methyl/N-ethyl adjacent to an activating group) is 2. The Morgan fingerprint density at radius 3 is 2.26 bits per heavy atom. The van der Waals surface area contributed by atoms with Gasteiger partial charge in [0.2, 0.25) is 0 Å². The normalized spacial score (nSPS) is 22.3. The van der Waals surface area contributed by atoms with E-state index in [0.29, 0.717) is 0 Å². The molecule has 0 amide bonds. The van der Waals surface area contributed by atoms with Gasteiger partial charge in [0, 0.05) is 32.7 Å². The summed E-state index contributed by atoms with van der Waals surface area (Å²) in [5, 5.41) is 0. The zero-order chi connectivity index (χ0) is 13.5. The number of nitrogens with two attached hydrogens (primary N) is 1. The van der Waals surface area contributed by atoms with Crippen LogP contribution in [0.15, 0.2) is 18.2 Å². The molecule has 0 radical (unpaired) electrons. The van der Waals surface area contributed by atoms with Crippen molar-refractivity contribution in [1.82, 2.24) is 0 Å². The van der Waals surface area contributed by atoms with Crippen LogP contribution in [-0.2, 0) is 5.54 Å². The molecule has 19 heavy (non-hydrogen) atoms. The predicted octanol–water partition coefficient (Wildman–Crippen LogP) is 2.69. The Labute approximate surface area is 116 Å². The maximum atomic E-state index is 6.66. The Balaban J connectivity index is 1.98. The van der Waals surface area contributed by atoms with Crippen LogP contribution in [0, 0.1) is 0 Å². The van der Waals surface area contributed by atoms with Crippen LogP contribution in [0.3, 0.4) is 0 Å². The number of rotatable bonds is 1. The summed E-state index contributed by atoms with van der Waals surface area (Å²) in [6, 6.07) is 6.83. The molecule has 0 unspecified atom stereocenters. The second-order valence-electron chi connectivity index (χ2n) is 6.26. The lowest BCUT2D eigenvalue weighted by Crippen LogP contribution is -2.40. The van der Waals surface area contributed by atoms with E-state index in [9.17, 15) is 0 Å². The monoisotopic (exact) mass is 259 g/mol. The maximum Gasteiger partial charge on any atom is 0.0605 e. The van der Waals surface area contributed by atoms with E-state index in [1.54, 1.807) is 0 Å². The van der Waals surface area contributed by atoms with Crippen molar-refractivity contribution in [2.24, 2.45) is 5.73 Å². The fraction of sp³-hybridized carbons (Fsp3) is 0.625. The molecular weight excluding hydrogens is 234 g/mol. The van der Waals surface area contributed by atoms with Crippen LogP contribution < -0.4 is 15.5 Å². The Morgan fingerprint density at radius 1 is 0.947 bits per heavy atom. The van der Waals surface area contributed by atoms with Crippen molar-refractivity contribution >= 4 is 11.4 Å². The van der Waals surface area contributed by atoms with Crippen LogP contribution in [0.1, 0.15) is 37.7 Å². The molecule has 1 aliphatic heterocycles. The van der Waals surface area contributed by atoms with Crippen LogP contribution in [0.25, 0.3) is 0 Å². The number of hydrogen-bond donors (Lipinski definition) is 1. The van der Waals surface area contributed by atoms with Crippen molar-refractivity contribution < 1.29 is 0 Å². The minimum absolute atomic E-state index is 0.0931. The van der Waals surface area contributed by atoms with Gasteiger partial charge in [-0.15, -0.1) is 0 Å². The number of benzene rings is 1. The highest BCUT2D eigenvalue weighted by Gasteiger charge is 2.30. The molecule has 0 spiro atoms. The van der Waals surface area contributed by atoms with E-state index in [0.717, 1.165) is 25.9 Å². The Morgan fingerprint density at radius 2 is 1.58 bits per heavy atom. The second kappa shape index (κ2) is 4.71. The first-order valence-electron chi connectivity index (χ1n) is 7.46. The fourth-order valence-electron chi connectivity index (χ4n) is 3.47. The van der Waals surface area contributed by atoms with E-state index >= 15 is 0 Å². The van der Waals surface area contributed by atoms with Gasteiger partial charge in [0.05, 0.1) is 11.4 Å². The molecule has 0 bridgehead atoms. The van der Waals surface area contributed by atoms with Crippen LogP contribution in [0.2, 0.25) is 0 Å². The predicted molar refractivity (Wildman–Crippen MR) is 81.9 cm³/mol. The summed E-state index contributed by atoms with van der Waals surface area (Å²) in [6.07, 6.45) is 6.13. The molecule has 104 valence electrons. The number of anilines is 2. The van der Waals surface area contributed by atoms with Crippen molar-refractivity contribution in [3.8, 4) is 0 Å². The highest BCUT2D eigenvalue weighted by Crippen LogP contribution is 2.39. The molecule has 1 heterocycles. The first-order chi connectivity index (χ1) is 9.10. The number of hydrogen-bond acceptors (Lipinski definition) is 3. The largest absolute Gasteiger partial charge is 0.371 e. The molecule has 0 atom stereocenters. The lowest BCUT2D eigenvalue weighted by atomic mass is 9.77. The van der Waals surface area contributed by atoms with E-state index in [4.69, 9.17) is 5.73 Å². The SMILES string of the molecule is CN1CCN(C)c2cc(C3(N)CCCCC3)ccc21. The van der Waals surface area contributed by atoms with Crippen molar-refractivity contribution in [2.45, 2.75) is 37.6 Å². The smallest absolute Gasteiger partial charge is 0.0605 e. The highest BCUT2D eigenvalue weighted by atomic mass is 15.2. The average molecular weight is 259 g/mol. The average Bonchev–Trinajstić information content (AvgIpc) is 2.43. The summed E-state index contributed by atoms with van der Waals surface area (Å²) < 4.78 is 0.